The number of aromatic amines is 1. The molecule has 7 nitrogen and oxygen atoms in total. The van der Waals surface area contributed by atoms with Crippen LogP contribution in [0.2, 0.25) is 10.0 Å². The zero-order valence-corrected chi connectivity index (χ0v) is 16.8. The van der Waals surface area contributed by atoms with Gasteiger partial charge in [-0.15, -0.1) is 0 Å². The summed E-state index contributed by atoms with van der Waals surface area (Å²) in [5.74, 6) is 1.18. The van der Waals surface area contributed by atoms with Crippen LogP contribution in [0.1, 0.15) is 11.8 Å². The minimum absolute atomic E-state index is 0.335. The van der Waals surface area contributed by atoms with Crippen molar-refractivity contribution in [3.05, 3.63) is 64.4 Å². The molecule has 1 atom stereocenters. The number of hydrogen-bond donors (Lipinski definition) is 3. The van der Waals surface area contributed by atoms with E-state index in [-0.39, 0.29) is 0 Å². The molecular formula is C20H17Cl2N5O2. The average Bonchev–Trinajstić information content (AvgIpc) is 3.10. The number of nitrogens with one attached hydrogen (secondary N) is 1. The van der Waals surface area contributed by atoms with E-state index >= 15 is 0 Å². The SMILES string of the molecule is COc1cc(N)cc(-c2n[nH]c3ccc(O[C@H](N)c4c(Cl)cncc4Cl)cc23)c1. The second-order valence-corrected chi connectivity index (χ2v) is 7.14. The third-order valence-electron chi connectivity index (χ3n) is 4.41. The number of fused-ring (bicyclic) bond motifs is 1. The fourth-order valence-electron chi connectivity index (χ4n) is 3.06. The molecule has 0 saturated carbocycles. The number of hydrogen-bond acceptors (Lipinski definition) is 6. The monoisotopic (exact) mass is 429 g/mol. The Labute approximate surface area is 176 Å². The molecule has 2 aromatic carbocycles. The van der Waals surface area contributed by atoms with Gasteiger partial charge in [-0.05, 0) is 30.3 Å². The van der Waals surface area contributed by atoms with Crippen molar-refractivity contribution in [3.8, 4) is 22.8 Å². The summed E-state index contributed by atoms with van der Waals surface area (Å²) in [7, 11) is 1.59. The number of methoxy groups -OCH3 is 1. The summed E-state index contributed by atoms with van der Waals surface area (Å²) in [6, 6.07) is 10.9. The number of nitrogens with zero attached hydrogens (tertiary/aromatic N) is 2. The first kappa shape index (κ1) is 19.3. The topological polar surface area (TPSA) is 112 Å². The summed E-state index contributed by atoms with van der Waals surface area (Å²) in [6.45, 7) is 0. The molecule has 2 heterocycles. The first-order valence-corrected chi connectivity index (χ1v) is 9.36. The molecule has 0 fully saturated rings. The van der Waals surface area contributed by atoms with Crippen LogP contribution in [0.15, 0.2) is 48.8 Å². The van der Waals surface area contributed by atoms with Crippen molar-refractivity contribution in [3.63, 3.8) is 0 Å². The Morgan fingerprint density at radius 3 is 2.52 bits per heavy atom. The standard InChI is InChI=1S/C20H17Cl2N5O2/c1-28-13-5-10(4-11(23)6-13)19-14-7-12(2-3-17(14)26-27-19)29-20(24)18-15(21)8-25-9-16(18)22/h2-9,20H,23-24H2,1H3,(H,26,27)/t20-/m0/s1. The number of ether oxygens (including phenoxy) is 2. The molecule has 4 rings (SSSR count). The minimum Gasteiger partial charge on any atom is -0.497 e. The van der Waals surface area contributed by atoms with Gasteiger partial charge in [0.2, 0.25) is 0 Å². The Balaban J connectivity index is 1.71. The van der Waals surface area contributed by atoms with Gasteiger partial charge < -0.3 is 15.2 Å². The first-order valence-electron chi connectivity index (χ1n) is 8.60. The maximum absolute atomic E-state index is 6.18. The fraction of sp³-hybridized carbons (Fsp3) is 0.100. The predicted octanol–water partition coefficient (Wildman–Crippen LogP) is 4.56. The number of pyridine rings is 1. The van der Waals surface area contributed by atoms with Gasteiger partial charge in [0, 0.05) is 40.7 Å². The van der Waals surface area contributed by atoms with Crippen molar-refractivity contribution in [2.24, 2.45) is 5.73 Å². The van der Waals surface area contributed by atoms with Crippen LogP contribution in [0.25, 0.3) is 22.2 Å². The van der Waals surface area contributed by atoms with E-state index in [0.29, 0.717) is 38.5 Å². The van der Waals surface area contributed by atoms with Crippen LogP contribution >= 0.6 is 23.2 Å². The van der Waals surface area contributed by atoms with Gasteiger partial charge in [0.15, 0.2) is 6.23 Å². The molecule has 5 N–H and O–H groups in total. The van der Waals surface area contributed by atoms with Crippen LogP contribution in [0.3, 0.4) is 0 Å². The van der Waals surface area contributed by atoms with Gasteiger partial charge in [-0.3, -0.25) is 15.8 Å². The van der Waals surface area contributed by atoms with Crippen LogP contribution in [-0.2, 0) is 0 Å². The highest BCUT2D eigenvalue weighted by molar-refractivity contribution is 6.35. The van der Waals surface area contributed by atoms with Crippen molar-refractivity contribution in [1.29, 1.82) is 0 Å². The van der Waals surface area contributed by atoms with Gasteiger partial charge in [-0.25, -0.2) is 0 Å². The van der Waals surface area contributed by atoms with E-state index < -0.39 is 6.23 Å². The number of halogens is 2. The predicted molar refractivity (Wildman–Crippen MR) is 114 cm³/mol. The molecule has 4 aromatic rings. The lowest BCUT2D eigenvalue weighted by atomic mass is 10.1. The van der Waals surface area contributed by atoms with Crippen LogP contribution in [0.4, 0.5) is 5.69 Å². The maximum atomic E-state index is 6.18. The van der Waals surface area contributed by atoms with Gasteiger partial charge in [-0.1, -0.05) is 23.2 Å². The van der Waals surface area contributed by atoms with E-state index in [0.717, 1.165) is 16.5 Å². The fourth-order valence-corrected chi connectivity index (χ4v) is 3.64. The van der Waals surface area contributed by atoms with Crippen molar-refractivity contribution in [2.45, 2.75) is 6.23 Å². The number of aromatic nitrogens is 3. The number of rotatable bonds is 5. The number of nitrogen functional groups attached to an aromatic ring is 1. The molecule has 0 radical (unpaired) electrons. The summed E-state index contributed by atoms with van der Waals surface area (Å²) in [4.78, 5) is 3.93. The van der Waals surface area contributed by atoms with E-state index in [2.05, 4.69) is 15.2 Å². The largest absolute Gasteiger partial charge is 0.497 e. The van der Waals surface area contributed by atoms with E-state index in [1.807, 2.05) is 24.3 Å². The lowest BCUT2D eigenvalue weighted by Crippen LogP contribution is -2.18. The quantitative estimate of drug-likeness (QED) is 0.316. The molecule has 0 saturated heterocycles. The van der Waals surface area contributed by atoms with E-state index in [4.69, 9.17) is 44.1 Å². The molecule has 0 unspecified atom stereocenters. The summed E-state index contributed by atoms with van der Waals surface area (Å²) in [6.07, 6.45) is 2.07. The van der Waals surface area contributed by atoms with Gasteiger partial charge in [0.05, 0.1) is 22.7 Å². The van der Waals surface area contributed by atoms with Crippen LogP contribution in [0.5, 0.6) is 11.5 Å². The minimum atomic E-state index is -0.863. The molecule has 9 heteroatoms. The lowest BCUT2D eigenvalue weighted by molar-refractivity contribution is 0.214. The van der Waals surface area contributed by atoms with Gasteiger partial charge in [-0.2, -0.15) is 5.10 Å². The zero-order valence-electron chi connectivity index (χ0n) is 15.3. The molecular weight excluding hydrogens is 413 g/mol. The Bertz CT molecular complexity index is 1170. The Hall–Kier alpha value is -3.00. The highest BCUT2D eigenvalue weighted by Crippen LogP contribution is 2.34. The molecule has 0 amide bonds. The van der Waals surface area contributed by atoms with Crippen LogP contribution in [-0.4, -0.2) is 22.3 Å². The summed E-state index contributed by atoms with van der Waals surface area (Å²) in [5.41, 5.74) is 15.6. The van der Waals surface area contributed by atoms with Crippen molar-refractivity contribution in [1.82, 2.24) is 15.2 Å². The Morgan fingerprint density at radius 2 is 1.79 bits per heavy atom. The Morgan fingerprint density at radius 1 is 1.03 bits per heavy atom. The molecule has 29 heavy (non-hydrogen) atoms. The van der Waals surface area contributed by atoms with Crippen LogP contribution in [0, 0.1) is 0 Å². The third kappa shape index (κ3) is 3.80. The van der Waals surface area contributed by atoms with Crippen molar-refractivity contribution >= 4 is 39.8 Å². The van der Waals surface area contributed by atoms with Gasteiger partial charge in [0.25, 0.3) is 0 Å². The number of nitrogens with two attached hydrogens (primary N) is 2. The smallest absolute Gasteiger partial charge is 0.177 e. The van der Waals surface area contributed by atoms with Gasteiger partial charge in [0.1, 0.15) is 17.2 Å². The number of anilines is 1. The highest BCUT2D eigenvalue weighted by atomic mass is 35.5. The lowest BCUT2D eigenvalue weighted by Gasteiger charge is -2.17. The average molecular weight is 430 g/mol. The molecule has 0 bridgehead atoms. The molecule has 2 aromatic heterocycles. The molecule has 148 valence electrons. The van der Waals surface area contributed by atoms with Crippen LogP contribution < -0.4 is 20.9 Å². The normalized spacial score (nSPS) is 12.1. The highest BCUT2D eigenvalue weighted by Gasteiger charge is 2.18. The second-order valence-electron chi connectivity index (χ2n) is 6.33. The molecule has 0 aliphatic rings. The van der Waals surface area contributed by atoms with E-state index in [9.17, 15) is 0 Å². The van der Waals surface area contributed by atoms with Gasteiger partial charge >= 0.3 is 0 Å². The number of benzene rings is 2. The summed E-state index contributed by atoms with van der Waals surface area (Å²) in [5, 5.41) is 8.93. The van der Waals surface area contributed by atoms with Crippen molar-refractivity contribution in [2.75, 3.05) is 12.8 Å². The molecule has 0 aliphatic carbocycles. The second kappa shape index (κ2) is 7.79. The third-order valence-corrected chi connectivity index (χ3v) is 5.01. The zero-order chi connectivity index (χ0) is 20.5. The molecule has 0 spiro atoms. The van der Waals surface area contributed by atoms with Crippen molar-refractivity contribution < 1.29 is 9.47 Å². The maximum Gasteiger partial charge on any atom is 0.177 e. The molecule has 0 aliphatic heterocycles. The Kier molecular flexibility index (Phi) is 5.19. The summed E-state index contributed by atoms with van der Waals surface area (Å²) < 4.78 is 11.2. The van der Waals surface area contributed by atoms with E-state index in [1.54, 1.807) is 19.2 Å². The number of H-pyrrole nitrogens is 1. The summed E-state index contributed by atoms with van der Waals surface area (Å²) >= 11 is 12.3. The van der Waals surface area contributed by atoms with E-state index in [1.165, 1.54) is 12.4 Å². The first-order chi connectivity index (χ1) is 14.0.